The summed E-state index contributed by atoms with van der Waals surface area (Å²) in [6.45, 7) is 8.15. The van der Waals surface area contributed by atoms with E-state index in [1.54, 1.807) is 11.8 Å². The van der Waals surface area contributed by atoms with Crippen molar-refractivity contribution in [1.29, 1.82) is 0 Å². The largest absolute Gasteiger partial charge is 0.350 e. The van der Waals surface area contributed by atoms with E-state index in [2.05, 4.69) is 15.3 Å². The van der Waals surface area contributed by atoms with Crippen molar-refractivity contribution in [2.24, 2.45) is 0 Å². The van der Waals surface area contributed by atoms with E-state index in [0.29, 0.717) is 37.7 Å². The van der Waals surface area contributed by atoms with Crippen LogP contribution in [-0.2, 0) is 4.79 Å². The summed E-state index contributed by atoms with van der Waals surface area (Å²) in [7, 11) is 0. The van der Waals surface area contributed by atoms with E-state index in [-0.39, 0.29) is 17.9 Å². The number of hydrogen-bond acceptors (Lipinski definition) is 5. The van der Waals surface area contributed by atoms with Gasteiger partial charge in [0.1, 0.15) is 0 Å². The van der Waals surface area contributed by atoms with Crippen molar-refractivity contribution in [2.75, 3.05) is 31.1 Å². The number of nitrogens with zero attached hydrogens (tertiary/aromatic N) is 4. The molecule has 0 spiro atoms. The highest BCUT2D eigenvalue weighted by atomic mass is 16.2. The summed E-state index contributed by atoms with van der Waals surface area (Å²) in [6.07, 6.45) is 3.08. The molecule has 1 aromatic heterocycles. The van der Waals surface area contributed by atoms with Gasteiger partial charge in [0, 0.05) is 51.5 Å². The Bertz CT molecular complexity index is 507. The van der Waals surface area contributed by atoms with Crippen LogP contribution in [0.3, 0.4) is 0 Å². The van der Waals surface area contributed by atoms with Crippen molar-refractivity contribution in [3.05, 3.63) is 18.0 Å². The Hall–Kier alpha value is -2.18. The number of anilines is 1. The first-order valence-corrected chi connectivity index (χ1v) is 7.10. The van der Waals surface area contributed by atoms with E-state index < -0.39 is 0 Å². The van der Waals surface area contributed by atoms with Gasteiger partial charge < -0.3 is 15.1 Å². The molecule has 0 radical (unpaired) electrons. The van der Waals surface area contributed by atoms with Crippen molar-refractivity contribution in [1.82, 2.24) is 20.2 Å². The fourth-order valence-corrected chi connectivity index (χ4v) is 2.17. The zero-order valence-electron chi connectivity index (χ0n) is 12.7. The maximum absolute atomic E-state index is 11.8. The molecule has 7 heteroatoms. The number of amides is 2. The Morgan fingerprint density at radius 3 is 2.19 bits per heavy atom. The number of piperazine rings is 1. The second kappa shape index (κ2) is 6.51. The molecular formula is C14H21N5O2. The van der Waals surface area contributed by atoms with Gasteiger partial charge in [-0.3, -0.25) is 9.59 Å². The molecule has 2 heterocycles. The van der Waals surface area contributed by atoms with Crippen molar-refractivity contribution in [3.63, 3.8) is 0 Å². The molecule has 2 amide bonds. The fraction of sp³-hybridized carbons (Fsp3) is 0.571. The van der Waals surface area contributed by atoms with Crippen LogP contribution < -0.4 is 10.2 Å². The topological polar surface area (TPSA) is 78.4 Å². The molecule has 1 N–H and O–H groups in total. The third-order valence-corrected chi connectivity index (χ3v) is 3.33. The summed E-state index contributed by atoms with van der Waals surface area (Å²) < 4.78 is 0. The second-order valence-electron chi connectivity index (χ2n) is 5.39. The van der Waals surface area contributed by atoms with E-state index in [9.17, 15) is 9.59 Å². The van der Waals surface area contributed by atoms with E-state index in [1.807, 2.05) is 18.7 Å². The van der Waals surface area contributed by atoms with Crippen molar-refractivity contribution >= 4 is 17.8 Å². The Morgan fingerprint density at radius 1 is 1.14 bits per heavy atom. The van der Waals surface area contributed by atoms with Gasteiger partial charge in [-0.15, -0.1) is 0 Å². The smallest absolute Gasteiger partial charge is 0.254 e. The van der Waals surface area contributed by atoms with Crippen LogP contribution in [0.4, 0.5) is 5.95 Å². The molecule has 1 aromatic rings. The van der Waals surface area contributed by atoms with Crippen LogP contribution in [0.2, 0.25) is 0 Å². The van der Waals surface area contributed by atoms with E-state index >= 15 is 0 Å². The lowest BCUT2D eigenvalue weighted by Crippen LogP contribution is -2.48. The van der Waals surface area contributed by atoms with Gasteiger partial charge in [-0.05, 0) is 13.8 Å². The molecule has 0 bridgehead atoms. The van der Waals surface area contributed by atoms with Crippen molar-refractivity contribution in [2.45, 2.75) is 26.8 Å². The molecule has 7 nitrogen and oxygen atoms in total. The minimum atomic E-state index is -0.169. The molecule has 1 saturated heterocycles. The number of nitrogens with one attached hydrogen (secondary N) is 1. The van der Waals surface area contributed by atoms with Gasteiger partial charge in [-0.25, -0.2) is 9.97 Å². The number of carbonyl (C=O) groups is 2. The zero-order valence-corrected chi connectivity index (χ0v) is 12.7. The molecule has 0 aromatic carbocycles. The lowest BCUT2D eigenvalue weighted by Gasteiger charge is -2.34. The molecule has 1 aliphatic rings. The predicted octanol–water partition coefficient (Wildman–Crippen LogP) is 0.283. The molecule has 21 heavy (non-hydrogen) atoms. The Morgan fingerprint density at radius 2 is 1.71 bits per heavy atom. The van der Waals surface area contributed by atoms with Gasteiger partial charge in [0.25, 0.3) is 5.91 Å². The van der Waals surface area contributed by atoms with Gasteiger partial charge in [-0.2, -0.15) is 0 Å². The normalized spacial score (nSPS) is 15.2. The molecular weight excluding hydrogens is 270 g/mol. The average Bonchev–Trinajstić information content (AvgIpc) is 2.47. The highest BCUT2D eigenvalue weighted by molar-refractivity contribution is 5.93. The molecule has 0 saturated carbocycles. The molecule has 1 fully saturated rings. The zero-order chi connectivity index (χ0) is 15.4. The van der Waals surface area contributed by atoms with Crippen LogP contribution in [0.15, 0.2) is 12.4 Å². The lowest BCUT2D eigenvalue weighted by atomic mass is 10.3. The lowest BCUT2D eigenvalue weighted by molar-refractivity contribution is -0.129. The summed E-state index contributed by atoms with van der Waals surface area (Å²) in [5.74, 6) is 0.522. The SMILES string of the molecule is CC(=O)N1CCN(c2ncc(C(=O)NC(C)C)cn2)CC1. The summed E-state index contributed by atoms with van der Waals surface area (Å²) >= 11 is 0. The van der Waals surface area contributed by atoms with Crippen LogP contribution >= 0.6 is 0 Å². The predicted molar refractivity (Wildman–Crippen MR) is 79.1 cm³/mol. The summed E-state index contributed by atoms with van der Waals surface area (Å²) in [5.41, 5.74) is 0.454. The van der Waals surface area contributed by atoms with Crippen molar-refractivity contribution in [3.8, 4) is 0 Å². The first-order chi connectivity index (χ1) is 9.97. The van der Waals surface area contributed by atoms with Gasteiger partial charge in [-0.1, -0.05) is 0 Å². The van der Waals surface area contributed by atoms with Crippen LogP contribution in [0.1, 0.15) is 31.1 Å². The van der Waals surface area contributed by atoms with Crippen LogP contribution in [-0.4, -0.2) is 58.9 Å². The van der Waals surface area contributed by atoms with Crippen molar-refractivity contribution < 1.29 is 9.59 Å². The number of aromatic nitrogens is 2. The minimum Gasteiger partial charge on any atom is -0.350 e. The maximum atomic E-state index is 11.8. The molecule has 0 atom stereocenters. The maximum Gasteiger partial charge on any atom is 0.254 e. The molecule has 1 aliphatic heterocycles. The summed E-state index contributed by atoms with van der Waals surface area (Å²) in [6, 6.07) is 0.0804. The van der Waals surface area contributed by atoms with Crippen LogP contribution in [0.5, 0.6) is 0 Å². The Balaban J connectivity index is 1.97. The van der Waals surface area contributed by atoms with Gasteiger partial charge in [0.15, 0.2) is 0 Å². The first-order valence-electron chi connectivity index (χ1n) is 7.10. The molecule has 2 rings (SSSR count). The van der Waals surface area contributed by atoms with E-state index in [4.69, 9.17) is 0 Å². The van der Waals surface area contributed by atoms with Gasteiger partial charge in [0.05, 0.1) is 5.56 Å². The third-order valence-electron chi connectivity index (χ3n) is 3.33. The number of carbonyl (C=O) groups excluding carboxylic acids is 2. The van der Waals surface area contributed by atoms with Gasteiger partial charge >= 0.3 is 0 Å². The highest BCUT2D eigenvalue weighted by Gasteiger charge is 2.20. The fourth-order valence-electron chi connectivity index (χ4n) is 2.17. The summed E-state index contributed by atoms with van der Waals surface area (Å²) in [4.78, 5) is 35.4. The number of rotatable bonds is 3. The average molecular weight is 291 g/mol. The first kappa shape index (κ1) is 15.2. The Labute approximate surface area is 124 Å². The quantitative estimate of drug-likeness (QED) is 0.865. The van der Waals surface area contributed by atoms with Gasteiger partial charge in [0.2, 0.25) is 11.9 Å². The standard InChI is InChI=1S/C14H21N5O2/c1-10(2)17-13(21)12-8-15-14(16-9-12)19-6-4-18(5-7-19)11(3)20/h8-10H,4-7H2,1-3H3,(H,17,21). The minimum absolute atomic E-state index is 0.0804. The number of hydrogen-bond donors (Lipinski definition) is 1. The van der Waals surface area contributed by atoms with E-state index in [0.717, 1.165) is 0 Å². The Kier molecular flexibility index (Phi) is 4.72. The third kappa shape index (κ3) is 3.90. The molecule has 0 unspecified atom stereocenters. The monoisotopic (exact) mass is 291 g/mol. The van der Waals surface area contributed by atoms with Crippen LogP contribution in [0, 0.1) is 0 Å². The summed E-state index contributed by atoms with van der Waals surface area (Å²) in [5, 5.41) is 2.80. The van der Waals surface area contributed by atoms with Crippen LogP contribution in [0.25, 0.3) is 0 Å². The molecule has 0 aliphatic carbocycles. The highest BCUT2D eigenvalue weighted by Crippen LogP contribution is 2.11. The van der Waals surface area contributed by atoms with E-state index in [1.165, 1.54) is 12.4 Å². The molecule has 114 valence electrons. The second-order valence-corrected chi connectivity index (χ2v) is 5.39.